The highest BCUT2D eigenvalue weighted by Gasteiger charge is 2.18. The van der Waals surface area contributed by atoms with Gasteiger partial charge in [-0.15, -0.1) is 0 Å². The summed E-state index contributed by atoms with van der Waals surface area (Å²) >= 11 is 5.95. The second-order valence-corrected chi connectivity index (χ2v) is 5.16. The van der Waals surface area contributed by atoms with E-state index >= 15 is 0 Å². The van der Waals surface area contributed by atoms with Gasteiger partial charge in [0, 0.05) is 18.6 Å². The molecule has 0 spiro atoms. The van der Waals surface area contributed by atoms with Crippen molar-refractivity contribution in [3.8, 4) is 5.75 Å². The highest BCUT2D eigenvalue weighted by molar-refractivity contribution is 6.30. The fourth-order valence-electron chi connectivity index (χ4n) is 2.14. The maximum absolute atomic E-state index is 12.5. The van der Waals surface area contributed by atoms with Crippen LogP contribution in [0.2, 0.25) is 5.02 Å². The first-order valence-corrected chi connectivity index (χ1v) is 6.83. The summed E-state index contributed by atoms with van der Waals surface area (Å²) in [6.45, 7) is 0.456. The number of rotatable bonds is 4. The maximum Gasteiger partial charge on any atom is 0.257 e. The predicted molar refractivity (Wildman–Crippen MR) is 84.7 cm³/mol. The van der Waals surface area contributed by atoms with Gasteiger partial charge in [-0.05, 0) is 29.8 Å². The molecule has 2 rings (SSSR count). The molecule has 2 aromatic rings. The molecule has 0 aliphatic carbocycles. The van der Waals surface area contributed by atoms with E-state index in [-0.39, 0.29) is 5.91 Å². The van der Waals surface area contributed by atoms with Gasteiger partial charge in [0.1, 0.15) is 0 Å². The van der Waals surface area contributed by atoms with E-state index in [1.54, 1.807) is 36.2 Å². The third-order valence-electron chi connectivity index (χ3n) is 3.14. The molecule has 0 heterocycles. The molecule has 1 amide bonds. The van der Waals surface area contributed by atoms with Crippen molar-refractivity contribution in [2.75, 3.05) is 19.9 Å². The lowest BCUT2D eigenvalue weighted by molar-refractivity contribution is 0.0782. The molecule has 0 radical (unpaired) electrons. The first kappa shape index (κ1) is 15.2. The molecule has 2 aromatic carbocycles. The van der Waals surface area contributed by atoms with Gasteiger partial charge in [0.15, 0.2) is 5.75 Å². The van der Waals surface area contributed by atoms with Crippen LogP contribution in [0.15, 0.2) is 42.5 Å². The number of hydrogen-bond acceptors (Lipinski definition) is 3. The van der Waals surface area contributed by atoms with Crippen LogP contribution in [0.25, 0.3) is 0 Å². The number of carbonyl (C=O) groups is 1. The minimum absolute atomic E-state index is 0.154. The van der Waals surface area contributed by atoms with Crippen molar-refractivity contribution in [1.82, 2.24) is 4.90 Å². The molecule has 2 N–H and O–H groups in total. The van der Waals surface area contributed by atoms with E-state index in [0.717, 1.165) is 5.56 Å². The van der Waals surface area contributed by atoms with E-state index in [4.69, 9.17) is 22.1 Å². The Bertz CT molecular complexity index is 658. The highest BCUT2D eigenvalue weighted by atomic mass is 35.5. The minimum Gasteiger partial charge on any atom is -0.494 e. The Kier molecular flexibility index (Phi) is 4.70. The molecule has 0 atom stereocenters. The Balaban J connectivity index is 2.22. The van der Waals surface area contributed by atoms with Crippen molar-refractivity contribution in [2.24, 2.45) is 0 Å². The summed E-state index contributed by atoms with van der Waals surface area (Å²) in [5, 5.41) is 0.648. The first-order chi connectivity index (χ1) is 10.0. The van der Waals surface area contributed by atoms with E-state index in [1.165, 1.54) is 7.11 Å². The zero-order valence-corrected chi connectivity index (χ0v) is 12.7. The van der Waals surface area contributed by atoms with E-state index < -0.39 is 0 Å². The van der Waals surface area contributed by atoms with Crippen molar-refractivity contribution in [2.45, 2.75) is 6.54 Å². The smallest absolute Gasteiger partial charge is 0.257 e. The Morgan fingerprint density at radius 2 is 2.00 bits per heavy atom. The molecule has 21 heavy (non-hydrogen) atoms. The lowest BCUT2D eigenvalue weighted by Crippen LogP contribution is -2.26. The van der Waals surface area contributed by atoms with Crippen LogP contribution < -0.4 is 10.5 Å². The molecule has 5 heteroatoms. The average Bonchev–Trinajstić information content (AvgIpc) is 2.46. The topological polar surface area (TPSA) is 55.6 Å². The minimum atomic E-state index is -0.154. The van der Waals surface area contributed by atoms with Crippen LogP contribution in [0.3, 0.4) is 0 Å². The number of halogens is 1. The van der Waals surface area contributed by atoms with Crippen molar-refractivity contribution in [1.29, 1.82) is 0 Å². The fraction of sp³-hybridized carbons (Fsp3) is 0.188. The largest absolute Gasteiger partial charge is 0.494 e. The summed E-state index contributed by atoms with van der Waals surface area (Å²) in [6, 6.07) is 12.6. The van der Waals surface area contributed by atoms with Gasteiger partial charge >= 0.3 is 0 Å². The van der Waals surface area contributed by atoms with E-state index in [1.807, 2.05) is 18.2 Å². The molecule has 4 nitrogen and oxygen atoms in total. The van der Waals surface area contributed by atoms with Crippen LogP contribution in [0.1, 0.15) is 15.9 Å². The van der Waals surface area contributed by atoms with Gasteiger partial charge in [-0.25, -0.2) is 0 Å². The molecule has 0 aliphatic heterocycles. The van der Waals surface area contributed by atoms with Gasteiger partial charge < -0.3 is 15.4 Å². The number of benzene rings is 2. The number of nitrogens with zero attached hydrogens (tertiary/aromatic N) is 1. The first-order valence-electron chi connectivity index (χ1n) is 6.45. The number of nitrogens with two attached hydrogens (primary N) is 1. The Morgan fingerprint density at radius 1 is 1.29 bits per heavy atom. The highest BCUT2D eigenvalue weighted by Crippen LogP contribution is 2.27. The second-order valence-electron chi connectivity index (χ2n) is 4.72. The number of ether oxygens (including phenoxy) is 1. The Hall–Kier alpha value is -2.20. The molecular formula is C16H17ClN2O2. The molecular weight excluding hydrogens is 288 g/mol. The third-order valence-corrected chi connectivity index (χ3v) is 3.37. The van der Waals surface area contributed by atoms with Gasteiger partial charge in [-0.2, -0.15) is 0 Å². The number of methoxy groups -OCH3 is 1. The Labute approximate surface area is 129 Å². The van der Waals surface area contributed by atoms with Crippen LogP contribution in [-0.2, 0) is 6.54 Å². The maximum atomic E-state index is 12.5. The van der Waals surface area contributed by atoms with Gasteiger partial charge in [0.25, 0.3) is 5.91 Å². The van der Waals surface area contributed by atoms with E-state index in [9.17, 15) is 4.79 Å². The average molecular weight is 305 g/mol. The van der Waals surface area contributed by atoms with E-state index in [0.29, 0.717) is 28.6 Å². The lowest BCUT2D eigenvalue weighted by Gasteiger charge is -2.19. The molecule has 0 saturated heterocycles. The number of hydrogen-bond donors (Lipinski definition) is 1. The fourth-order valence-corrected chi connectivity index (χ4v) is 2.35. The number of nitrogen functional groups attached to an aromatic ring is 1. The molecule has 110 valence electrons. The number of anilines is 1. The monoisotopic (exact) mass is 304 g/mol. The number of para-hydroxylation sites is 1. The summed E-state index contributed by atoms with van der Waals surface area (Å²) in [6.07, 6.45) is 0. The van der Waals surface area contributed by atoms with Crippen LogP contribution in [0.4, 0.5) is 5.69 Å². The lowest BCUT2D eigenvalue weighted by atomic mass is 10.1. The van der Waals surface area contributed by atoms with Crippen molar-refractivity contribution in [3.63, 3.8) is 0 Å². The summed E-state index contributed by atoms with van der Waals surface area (Å²) in [5.41, 5.74) is 7.68. The van der Waals surface area contributed by atoms with E-state index in [2.05, 4.69) is 0 Å². The summed E-state index contributed by atoms with van der Waals surface area (Å²) in [7, 11) is 3.23. The number of amides is 1. The van der Waals surface area contributed by atoms with Crippen LogP contribution >= 0.6 is 11.6 Å². The molecule has 0 bridgehead atoms. The van der Waals surface area contributed by atoms with Crippen LogP contribution in [0, 0.1) is 0 Å². The summed E-state index contributed by atoms with van der Waals surface area (Å²) in [4.78, 5) is 14.1. The van der Waals surface area contributed by atoms with Crippen molar-refractivity contribution in [3.05, 3.63) is 58.6 Å². The van der Waals surface area contributed by atoms with Gasteiger partial charge in [-0.1, -0.05) is 29.8 Å². The Morgan fingerprint density at radius 3 is 2.67 bits per heavy atom. The molecule has 0 fully saturated rings. The zero-order chi connectivity index (χ0) is 15.4. The molecule has 0 saturated carbocycles. The van der Waals surface area contributed by atoms with Gasteiger partial charge in [0.05, 0.1) is 18.4 Å². The number of carbonyl (C=O) groups excluding carboxylic acids is 1. The van der Waals surface area contributed by atoms with Crippen LogP contribution in [0.5, 0.6) is 5.75 Å². The molecule has 0 unspecified atom stereocenters. The van der Waals surface area contributed by atoms with Gasteiger partial charge in [0.2, 0.25) is 0 Å². The summed E-state index contributed by atoms with van der Waals surface area (Å²) < 4.78 is 5.22. The summed E-state index contributed by atoms with van der Waals surface area (Å²) in [5.74, 6) is 0.250. The quantitative estimate of drug-likeness (QED) is 0.883. The normalized spacial score (nSPS) is 10.2. The van der Waals surface area contributed by atoms with Crippen molar-refractivity contribution < 1.29 is 9.53 Å². The SMILES string of the molecule is COc1c(N)cccc1C(=O)N(C)Cc1cccc(Cl)c1. The zero-order valence-electron chi connectivity index (χ0n) is 12.0. The molecule has 0 aliphatic rings. The van der Waals surface area contributed by atoms with Crippen molar-refractivity contribution >= 4 is 23.2 Å². The second kappa shape index (κ2) is 6.50. The van der Waals surface area contributed by atoms with Crippen LogP contribution in [-0.4, -0.2) is 25.0 Å². The van der Waals surface area contributed by atoms with Gasteiger partial charge in [-0.3, -0.25) is 4.79 Å². The molecule has 0 aromatic heterocycles. The standard InChI is InChI=1S/C16H17ClN2O2/c1-19(10-11-5-3-6-12(17)9-11)16(20)13-7-4-8-14(18)15(13)21-2/h3-9H,10,18H2,1-2H3. The predicted octanol–water partition coefficient (Wildman–Crippen LogP) is 3.20. The third kappa shape index (κ3) is 3.47.